The van der Waals surface area contributed by atoms with Gasteiger partial charge in [0.05, 0.1) is 14.2 Å². The Labute approximate surface area is 132 Å². The minimum Gasteiger partial charge on any atom is -0.468 e. The number of esters is 2. The van der Waals surface area contributed by atoms with Crippen LogP contribution in [0.25, 0.3) is 0 Å². The summed E-state index contributed by atoms with van der Waals surface area (Å²) in [6.45, 7) is 3.93. The second kappa shape index (κ2) is 7.71. The molecular formula is C18H22O4. The first kappa shape index (κ1) is 17.9. The summed E-state index contributed by atoms with van der Waals surface area (Å²) in [5.41, 5.74) is -0.467. The van der Waals surface area contributed by atoms with Gasteiger partial charge in [-0.1, -0.05) is 12.2 Å². The fourth-order valence-corrected chi connectivity index (χ4v) is 3.20. The Balaban J connectivity index is 3.01. The number of carbonyl (C=O) groups excluding carboxylic acids is 2. The average molecular weight is 302 g/mol. The first-order chi connectivity index (χ1) is 10.5. The van der Waals surface area contributed by atoms with Crippen LogP contribution in [0.15, 0.2) is 12.2 Å². The molecule has 0 heterocycles. The predicted octanol–water partition coefficient (Wildman–Crippen LogP) is 2.34. The maximum Gasteiger partial charge on any atom is 0.323 e. The number of allylic oxidation sites excluding steroid dienone is 1. The Kier molecular flexibility index (Phi) is 6.25. The Morgan fingerprint density at radius 3 is 2.41 bits per heavy atom. The van der Waals surface area contributed by atoms with Gasteiger partial charge in [0.15, 0.2) is 5.41 Å². The summed E-state index contributed by atoms with van der Waals surface area (Å²) >= 11 is 0. The summed E-state index contributed by atoms with van der Waals surface area (Å²) in [6, 6.07) is 0. The fourth-order valence-electron chi connectivity index (χ4n) is 3.20. The third-order valence-corrected chi connectivity index (χ3v) is 4.32. The van der Waals surface area contributed by atoms with Crippen molar-refractivity contribution >= 4 is 11.9 Å². The van der Waals surface area contributed by atoms with Gasteiger partial charge in [-0.05, 0) is 31.6 Å². The molecule has 22 heavy (non-hydrogen) atoms. The summed E-state index contributed by atoms with van der Waals surface area (Å²) in [5.74, 6) is 3.77. The molecule has 2 atom stereocenters. The third-order valence-electron chi connectivity index (χ3n) is 4.32. The number of hydrogen-bond donors (Lipinski definition) is 0. The highest BCUT2D eigenvalue weighted by Crippen LogP contribution is 2.50. The van der Waals surface area contributed by atoms with Crippen LogP contribution >= 0.6 is 0 Å². The summed E-state index contributed by atoms with van der Waals surface area (Å²) in [4.78, 5) is 24.6. The summed E-state index contributed by atoms with van der Waals surface area (Å²) in [6.07, 6.45) is 13.3. The zero-order chi connectivity index (χ0) is 16.8. The SMILES string of the molecule is C#CCC(C#C)CC[C@@H]1CC(=C)CC1(C(=O)OC)C(=O)OC. The van der Waals surface area contributed by atoms with E-state index in [4.69, 9.17) is 22.3 Å². The number of methoxy groups -OCH3 is 2. The second-order valence-corrected chi connectivity index (χ2v) is 5.63. The van der Waals surface area contributed by atoms with Crippen LogP contribution in [0, 0.1) is 41.9 Å². The van der Waals surface area contributed by atoms with Crippen LogP contribution in [0.5, 0.6) is 0 Å². The van der Waals surface area contributed by atoms with Gasteiger partial charge in [-0.3, -0.25) is 9.59 Å². The van der Waals surface area contributed by atoms with Crippen LogP contribution < -0.4 is 0 Å². The molecule has 0 amide bonds. The normalized spacial score (nSPS) is 20.5. The largest absolute Gasteiger partial charge is 0.468 e. The number of carbonyl (C=O) groups is 2. The molecule has 118 valence electrons. The molecule has 1 saturated carbocycles. The van der Waals surface area contributed by atoms with E-state index >= 15 is 0 Å². The molecule has 4 heteroatoms. The van der Waals surface area contributed by atoms with Crippen LogP contribution in [0.4, 0.5) is 0 Å². The average Bonchev–Trinajstić information content (AvgIpc) is 2.87. The van der Waals surface area contributed by atoms with E-state index < -0.39 is 17.4 Å². The predicted molar refractivity (Wildman–Crippen MR) is 83.3 cm³/mol. The van der Waals surface area contributed by atoms with Crippen molar-refractivity contribution in [2.45, 2.75) is 32.1 Å². The Bertz CT molecular complexity index is 516. The van der Waals surface area contributed by atoms with Gasteiger partial charge in [-0.15, -0.1) is 24.7 Å². The highest BCUT2D eigenvalue weighted by Gasteiger charge is 2.57. The van der Waals surface area contributed by atoms with Crippen molar-refractivity contribution in [3.63, 3.8) is 0 Å². The zero-order valence-electron chi connectivity index (χ0n) is 13.2. The lowest BCUT2D eigenvalue weighted by Crippen LogP contribution is -2.44. The van der Waals surface area contributed by atoms with Gasteiger partial charge >= 0.3 is 11.9 Å². The lowest BCUT2D eigenvalue weighted by molar-refractivity contribution is -0.172. The molecule has 1 aliphatic carbocycles. The Morgan fingerprint density at radius 2 is 1.95 bits per heavy atom. The van der Waals surface area contributed by atoms with Crippen LogP contribution in [0.2, 0.25) is 0 Å². The Morgan fingerprint density at radius 1 is 1.36 bits per heavy atom. The quantitative estimate of drug-likeness (QED) is 0.327. The third kappa shape index (κ3) is 3.34. The number of terminal acetylenes is 2. The van der Waals surface area contributed by atoms with Crippen molar-refractivity contribution < 1.29 is 19.1 Å². The van der Waals surface area contributed by atoms with E-state index in [9.17, 15) is 9.59 Å². The van der Waals surface area contributed by atoms with Crippen molar-refractivity contribution in [3.05, 3.63) is 12.2 Å². The number of ether oxygens (including phenoxy) is 2. The van der Waals surface area contributed by atoms with Crippen molar-refractivity contribution in [1.29, 1.82) is 0 Å². The van der Waals surface area contributed by atoms with Crippen molar-refractivity contribution in [2.75, 3.05) is 14.2 Å². The highest BCUT2D eigenvalue weighted by atomic mass is 16.5. The molecule has 1 aliphatic rings. The summed E-state index contributed by atoms with van der Waals surface area (Å²) in [7, 11) is 2.54. The van der Waals surface area contributed by atoms with Gasteiger partial charge in [0.1, 0.15) is 0 Å². The van der Waals surface area contributed by atoms with Gasteiger partial charge in [-0.25, -0.2) is 0 Å². The monoisotopic (exact) mass is 302 g/mol. The highest BCUT2D eigenvalue weighted by molar-refractivity contribution is 6.01. The lowest BCUT2D eigenvalue weighted by Gasteiger charge is -2.30. The van der Waals surface area contributed by atoms with Gasteiger partial charge in [0.25, 0.3) is 0 Å². The standard InChI is InChI=1S/C18H22O4/c1-6-8-14(7-2)9-10-15-11-13(3)12-18(15,16(19)21-4)17(20)22-5/h1-2,14-15H,3,8-12H2,4-5H3/t14?,15-/m1/s1. The molecular weight excluding hydrogens is 280 g/mol. The van der Waals surface area contributed by atoms with Crippen LogP contribution in [-0.2, 0) is 19.1 Å². The van der Waals surface area contributed by atoms with Crippen molar-refractivity contribution in [1.82, 2.24) is 0 Å². The number of rotatable bonds is 6. The maximum absolute atomic E-state index is 12.3. The molecule has 0 spiro atoms. The molecule has 0 bridgehead atoms. The lowest BCUT2D eigenvalue weighted by atomic mass is 9.74. The summed E-state index contributed by atoms with van der Waals surface area (Å²) in [5, 5.41) is 0. The van der Waals surface area contributed by atoms with Crippen LogP contribution in [0.1, 0.15) is 32.1 Å². The van der Waals surface area contributed by atoms with E-state index in [2.05, 4.69) is 18.4 Å². The smallest absolute Gasteiger partial charge is 0.323 e. The van der Waals surface area contributed by atoms with E-state index in [0.717, 1.165) is 5.57 Å². The minimum absolute atomic E-state index is 0.0631. The van der Waals surface area contributed by atoms with E-state index in [-0.39, 0.29) is 18.3 Å². The molecule has 0 aliphatic heterocycles. The topological polar surface area (TPSA) is 52.6 Å². The van der Waals surface area contributed by atoms with E-state index in [1.807, 2.05) is 0 Å². The van der Waals surface area contributed by atoms with Gasteiger partial charge in [0.2, 0.25) is 0 Å². The molecule has 1 unspecified atom stereocenters. The zero-order valence-corrected chi connectivity index (χ0v) is 13.2. The summed E-state index contributed by atoms with van der Waals surface area (Å²) < 4.78 is 9.73. The molecule has 0 N–H and O–H groups in total. The molecule has 4 nitrogen and oxygen atoms in total. The molecule has 1 rings (SSSR count). The first-order valence-electron chi connectivity index (χ1n) is 7.19. The molecule has 0 aromatic heterocycles. The van der Waals surface area contributed by atoms with Gasteiger partial charge in [-0.2, -0.15) is 0 Å². The molecule has 0 aromatic carbocycles. The van der Waals surface area contributed by atoms with Gasteiger partial charge in [0, 0.05) is 12.3 Å². The van der Waals surface area contributed by atoms with E-state index in [1.165, 1.54) is 14.2 Å². The van der Waals surface area contributed by atoms with Gasteiger partial charge < -0.3 is 9.47 Å². The number of hydrogen-bond acceptors (Lipinski definition) is 4. The second-order valence-electron chi connectivity index (χ2n) is 5.63. The molecule has 1 fully saturated rings. The molecule has 0 saturated heterocycles. The van der Waals surface area contributed by atoms with E-state index in [1.54, 1.807) is 0 Å². The minimum atomic E-state index is -1.31. The maximum atomic E-state index is 12.3. The van der Waals surface area contributed by atoms with E-state index in [0.29, 0.717) is 25.7 Å². The van der Waals surface area contributed by atoms with Crippen molar-refractivity contribution in [3.8, 4) is 24.7 Å². The molecule has 0 aromatic rings. The fraction of sp³-hybridized carbons (Fsp3) is 0.556. The molecule has 0 radical (unpaired) electrons. The van der Waals surface area contributed by atoms with Crippen LogP contribution in [0.3, 0.4) is 0 Å². The first-order valence-corrected chi connectivity index (χ1v) is 7.19. The van der Waals surface area contributed by atoms with Crippen LogP contribution in [-0.4, -0.2) is 26.2 Å². The Hall–Kier alpha value is -2.20. The van der Waals surface area contributed by atoms with Crippen molar-refractivity contribution in [2.24, 2.45) is 17.3 Å².